The Labute approximate surface area is 91.7 Å². The van der Waals surface area contributed by atoms with E-state index in [-0.39, 0.29) is 5.91 Å². The molecule has 0 saturated carbocycles. The van der Waals surface area contributed by atoms with Gasteiger partial charge in [0.25, 0.3) is 0 Å². The van der Waals surface area contributed by atoms with Crippen LogP contribution in [-0.2, 0) is 4.79 Å². The fraction of sp³-hybridized carbons (Fsp3) is 0.750. The number of hydrogen-bond acceptors (Lipinski definition) is 2. The van der Waals surface area contributed by atoms with Gasteiger partial charge < -0.3 is 4.90 Å². The summed E-state index contributed by atoms with van der Waals surface area (Å²) in [6.45, 7) is 10.1. The van der Waals surface area contributed by atoms with E-state index in [0.717, 1.165) is 25.9 Å². The first kappa shape index (κ1) is 10.7. The Balaban J connectivity index is 2.09. The Bertz CT molecular complexity index is 261. The van der Waals surface area contributed by atoms with Crippen LogP contribution in [0.3, 0.4) is 0 Å². The van der Waals surface area contributed by atoms with Crippen LogP contribution >= 0.6 is 0 Å². The number of rotatable bonds is 2. The van der Waals surface area contributed by atoms with Crippen molar-refractivity contribution in [1.29, 1.82) is 0 Å². The van der Waals surface area contributed by atoms with Crippen molar-refractivity contribution >= 4 is 5.91 Å². The molecule has 2 aliphatic heterocycles. The normalized spacial score (nSPS) is 31.0. The maximum absolute atomic E-state index is 11.7. The molecule has 84 valence electrons. The van der Waals surface area contributed by atoms with Crippen LogP contribution in [0.15, 0.2) is 12.7 Å². The number of amides is 1. The lowest BCUT2D eigenvalue weighted by molar-refractivity contribution is -0.132. The van der Waals surface area contributed by atoms with Crippen molar-refractivity contribution in [3.8, 4) is 0 Å². The lowest BCUT2D eigenvalue weighted by atomic mass is 10.1. The van der Waals surface area contributed by atoms with Gasteiger partial charge in [0.15, 0.2) is 0 Å². The molecule has 0 N–H and O–H groups in total. The third kappa shape index (κ3) is 1.81. The molecular formula is C12H20N2O. The molecule has 0 aromatic rings. The Kier molecular flexibility index (Phi) is 2.83. The quantitative estimate of drug-likeness (QED) is 0.638. The summed E-state index contributed by atoms with van der Waals surface area (Å²) in [4.78, 5) is 16.2. The number of hydrogen-bond donors (Lipinski definition) is 0. The average molecular weight is 208 g/mol. The van der Waals surface area contributed by atoms with E-state index in [1.165, 1.54) is 6.08 Å². The minimum absolute atomic E-state index is 0.117. The van der Waals surface area contributed by atoms with Gasteiger partial charge in [0.05, 0.1) is 0 Å². The van der Waals surface area contributed by atoms with Crippen LogP contribution < -0.4 is 0 Å². The summed E-state index contributed by atoms with van der Waals surface area (Å²) in [5.74, 6) is 0.117. The lowest BCUT2D eigenvalue weighted by Crippen LogP contribution is -2.56. The zero-order valence-electron chi connectivity index (χ0n) is 9.65. The van der Waals surface area contributed by atoms with E-state index in [4.69, 9.17) is 0 Å². The number of carbonyl (C=O) groups is 1. The van der Waals surface area contributed by atoms with E-state index in [0.29, 0.717) is 18.1 Å². The zero-order valence-corrected chi connectivity index (χ0v) is 9.65. The highest BCUT2D eigenvalue weighted by Crippen LogP contribution is 2.31. The van der Waals surface area contributed by atoms with Crippen LogP contribution in [0.25, 0.3) is 0 Å². The zero-order chi connectivity index (χ0) is 11.0. The van der Waals surface area contributed by atoms with E-state index in [2.05, 4.69) is 25.3 Å². The number of piperazine rings is 1. The highest BCUT2D eigenvalue weighted by Gasteiger charge is 2.41. The van der Waals surface area contributed by atoms with Gasteiger partial charge in [0, 0.05) is 31.2 Å². The minimum Gasteiger partial charge on any atom is -0.331 e. The van der Waals surface area contributed by atoms with Gasteiger partial charge >= 0.3 is 0 Å². The molecule has 2 aliphatic rings. The molecular weight excluding hydrogens is 188 g/mol. The van der Waals surface area contributed by atoms with Crippen molar-refractivity contribution in [3.05, 3.63) is 12.7 Å². The van der Waals surface area contributed by atoms with Gasteiger partial charge in [-0.25, -0.2) is 0 Å². The first-order valence-corrected chi connectivity index (χ1v) is 5.82. The largest absolute Gasteiger partial charge is 0.331 e. The molecule has 0 radical (unpaired) electrons. The van der Waals surface area contributed by atoms with Gasteiger partial charge in [-0.2, -0.15) is 0 Å². The topological polar surface area (TPSA) is 23.6 Å². The molecule has 3 nitrogen and oxygen atoms in total. The number of nitrogens with zero attached hydrogens (tertiary/aromatic N) is 2. The van der Waals surface area contributed by atoms with Gasteiger partial charge in [-0.3, -0.25) is 9.69 Å². The van der Waals surface area contributed by atoms with Gasteiger partial charge in [-0.15, -0.1) is 0 Å². The lowest BCUT2D eigenvalue weighted by Gasteiger charge is -2.42. The van der Waals surface area contributed by atoms with Crippen LogP contribution in [0.4, 0.5) is 0 Å². The molecule has 3 heteroatoms. The van der Waals surface area contributed by atoms with E-state index < -0.39 is 0 Å². The molecule has 0 unspecified atom stereocenters. The molecule has 2 fully saturated rings. The number of carbonyl (C=O) groups excluding carboxylic acids is 1. The highest BCUT2D eigenvalue weighted by molar-refractivity contribution is 5.87. The molecule has 2 heterocycles. The molecule has 2 rings (SSSR count). The molecule has 15 heavy (non-hydrogen) atoms. The van der Waals surface area contributed by atoms with Crippen LogP contribution in [0, 0.1) is 0 Å². The summed E-state index contributed by atoms with van der Waals surface area (Å²) in [6.07, 6.45) is 3.78. The van der Waals surface area contributed by atoms with E-state index in [1.807, 2.05) is 4.90 Å². The molecule has 0 spiro atoms. The number of likely N-dealkylation sites (tertiary alicyclic amines) is 1. The molecule has 0 aromatic heterocycles. The summed E-state index contributed by atoms with van der Waals surface area (Å²) < 4.78 is 0. The summed E-state index contributed by atoms with van der Waals surface area (Å²) in [5, 5.41) is 0. The molecule has 2 atom stereocenters. The predicted molar refractivity (Wildman–Crippen MR) is 60.6 cm³/mol. The maximum Gasteiger partial charge on any atom is 0.246 e. The molecule has 2 saturated heterocycles. The molecule has 2 bridgehead atoms. The third-order valence-corrected chi connectivity index (χ3v) is 3.67. The van der Waals surface area contributed by atoms with Crippen LogP contribution in [0.5, 0.6) is 0 Å². The Morgan fingerprint density at radius 3 is 2.27 bits per heavy atom. The smallest absolute Gasteiger partial charge is 0.246 e. The predicted octanol–water partition coefficient (Wildman–Crippen LogP) is 1.26. The SMILES string of the molecule is C=CC(=O)N1[C@@H]2CC[C@H]1CN(C(C)C)C2. The molecule has 1 amide bonds. The van der Waals surface area contributed by atoms with Crippen molar-refractivity contribution < 1.29 is 4.79 Å². The Morgan fingerprint density at radius 1 is 1.33 bits per heavy atom. The monoisotopic (exact) mass is 208 g/mol. The van der Waals surface area contributed by atoms with Crippen molar-refractivity contribution in [3.63, 3.8) is 0 Å². The maximum atomic E-state index is 11.7. The van der Waals surface area contributed by atoms with Crippen molar-refractivity contribution in [1.82, 2.24) is 9.80 Å². The Hall–Kier alpha value is -0.830. The second kappa shape index (κ2) is 3.97. The summed E-state index contributed by atoms with van der Waals surface area (Å²) >= 11 is 0. The average Bonchev–Trinajstić information content (AvgIpc) is 2.47. The highest BCUT2D eigenvalue weighted by atomic mass is 16.2. The van der Waals surface area contributed by atoms with Crippen LogP contribution in [0.1, 0.15) is 26.7 Å². The fourth-order valence-electron chi connectivity index (χ4n) is 2.82. The summed E-state index contributed by atoms with van der Waals surface area (Å²) in [6, 6.07) is 1.45. The second-order valence-corrected chi connectivity index (χ2v) is 4.88. The van der Waals surface area contributed by atoms with Crippen molar-refractivity contribution in [2.75, 3.05) is 13.1 Å². The minimum atomic E-state index is 0.117. The van der Waals surface area contributed by atoms with Gasteiger partial charge in [-0.05, 0) is 32.8 Å². The van der Waals surface area contributed by atoms with E-state index in [9.17, 15) is 4.79 Å². The van der Waals surface area contributed by atoms with Gasteiger partial charge in [-0.1, -0.05) is 6.58 Å². The standard InChI is InChI=1S/C12H20N2O/c1-4-12(15)14-10-5-6-11(14)8-13(7-10)9(2)3/h4,9-11H,1,5-8H2,2-3H3/t10-,11+. The fourth-order valence-corrected chi connectivity index (χ4v) is 2.82. The first-order chi connectivity index (χ1) is 7.13. The third-order valence-electron chi connectivity index (χ3n) is 3.67. The summed E-state index contributed by atoms with van der Waals surface area (Å²) in [7, 11) is 0. The van der Waals surface area contributed by atoms with Gasteiger partial charge in [0.1, 0.15) is 0 Å². The van der Waals surface area contributed by atoms with E-state index >= 15 is 0 Å². The Morgan fingerprint density at radius 2 is 1.87 bits per heavy atom. The van der Waals surface area contributed by atoms with Gasteiger partial charge in [0.2, 0.25) is 5.91 Å². The van der Waals surface area contributed by atoms with Crippen LogP contribution in [0.2, 0.25) is 0 Å². The van der Waals surface area contributed by atoms with Crippen molar-refractivity contribution in [2.45, 2.75) is 44.8 Å². The molecule has 0 aliphatic carbocycles. The van der Waals surface area contributed by atoms with E-state index in [1.54, 1.807) is 0 Å². The molecule has 0 aromatic carbocycles. The van der Waals surface area contributed by atoms with Crippen molar-refractivity contribution in [2.24, 2.45) is 0 Å². The summed E-state index contributed by atoms with van der Waals surface area (Å²) in [5.41, 5.74) is 0. The second-order valence-electron chi connectivity index (χ2n) is 4.88. The van der Waals surface area contributed by atoms with Crippen LogP contribution in [-0.4, -0.2) is 46.9 Å². The first-order valence-electron chi connectivity index (χ1n) is 5.82. The number of fused-ring (bicyclic) bond motifs is 2.